The molecule has 0 saturated heterocycles. The van der Waals surface area contributed by atoms with Crippen LogP contribution in [0.15, 0.2) is 12.1 Å². The number of nitrogen functional groups attached to an aromatic ring is 1. The van der Waals surface area contributed by atoms with Crippen molar-refractivity contribution in [2.45, 2.75) is 0 Å². The average molecular weight is 269 g/mol. The van der Waals surface area contributed by atoms with Gasteiger partial charge in [0.05, 0.1) is 23.5 Å². The van der Waals surface area contributed by atoms with Crippen molar-refractivity contribution in [1.82, 2.24) is 4.90 Å². The molecule has 1 rings (SSSR count). The number of halogens is 1. The summed E-state index contributed by atoms with van der Waals surface area (Å²) in [5.74, 6) is -2.45. The Kier molecular flexibility index (Phi) is 4.31. The van der Waals surface area contributed by atoms with Gasteiger partial charge in [0.2, 0.25) is 5.91 Å². The summed E-state index contributed by atoms with van der Waals surface area (Å²) < 4.78 is 13.6. The quantitative estimate of drug-likeness (QED) is 0.783. The van der Waals surface area contributed by atoms with Gasteiger partial charge in [0.15, 0.2) is 0 Å². The lowest BCUT2D eigenvalue weighted by Gasteiger charge is -2.22. The van der Waals surface area contributed by atoms with Crippen molar-refractivity contribution in [3.8, 4) is 0 Å². The fourth-order valence-corrected chi connectivity index (χ4v) is 1.50. The van der Waals surface area contributed by atoms with Gasteiger partial charge in [-0.05, 0) is 6.07 Å². The number of rotatable bonds is 4. The van der Waals surface area contributed by atoms with Crippen molar-refractivity contribution >= 4 is 23.3 Å². The zero-order chi connectivity index (χ0) is 14.7. The van der Waals surface area contributed by atoms with Crippen LogP contribution in [0.3, 0.4) is 0 Å². The largest absolute Gasteiger partial charge is 0.478 e. The minimum atomic E-state index is -1.39. The van der Waals surface area contributed by atoms with E-state index < -0.39 is 17.3 Å². The molecular formula is C12H16FN3O3. The van der Waals surface area contributed by atoms with Crippen LogP contribution in [0.25, 0.3) is 0 Å². The van der Waals surface area contributed by atoms with E-state index in [4.69, 9.17) is 10.8 Å². The fraction of sp³-hybridized carbons (Fsp3) is 0.333. The number of carboxylic acid groups (broad SMARTS) is 1. The van der Waals surface area contributed by atoms with E-state index in [-0.39, 0.29) is 23.8 Å². The van der Waals surface area contributed by atoms with E-state index in [0.29, 0.717) is 0 Å². The Labute approximate surface area is 110 Å². The van der Waals surface area contributed by atoms with E-state index in [1.165, 1.54) is 9.80 Å². The molecule has 0 atom stereocenters. The molecule has 0 aliphatic rings. The van der Waals surface area contributed by atoms with Crippen LogP contribution in [0.2, 0.25) is 0 Å². The van der Waals surface area contributed by atoms with Crippen LogP contribution in [0.4, 0.5) is 15.8 Å². The van der Waals surface area contributed by atoms with Crippen LogP contribution < -0.4 is 10.6 Å². The van der Waals surface area contributed by atoms with Crippen molar-refractivity contribution in [3.05, 3.63) is 23.5 Å². The maximum absolute atomic E-state index is 13.6. The number of nitrogens with zero attached hydrogens (tertiary/aromatic N) is 2. The zero-order valence-electron chi connectivity index (χ0n) is 11.0. The molecule has 104 valence electrons. The third-order valence-corrected chi connectivity index (χ3v) is 2.63. The van der Waals surface area contributed by atoms with Crippen LogP contribution in [0.1, 0.15) is 10.4 Å². The molecule has 0 aliphatic heterocycles. The maximum Gasteiger partial charge on any atom is 0.338 e. The van der Waals surface area contributed by atoms with Gasteiger partial charge in [-0.3, -0.25) is 4.79 Å². The van der Waals surface area contributed by atoms with Gasteiger partial charge in [-0.15, -0.1) is 0 Å². The van der Waals surface area contributed by atoms with Gasteiger partial charge in [-0.25, -0.2) is 9.18 Å². The summed E-state index contributed by atoms with van der Waals surface area (Å²) in [7, 11) is 4.79. The molecule has 3 N–H and O–H groups in total. The number of hydrogen-bond donors (Lipinski definition) is 2. The Morgan fingerprint density at radius 1 is 1.32 bits per heavy atom. The molecule has 6 nitrogen and oxygen atoms in total. The number of benzene rings is 1. The van der Waals surface area contributed by atoms with E-state index in [9.17, 15) is 14.0 Å². The van der Waals surface area contributed by atoms with Crippen LogP contribution >= 0.6 is 0 Å². The van der Waals surface area contributed by atoms with Crippen molar-refractivity contribution < 1.29 is 19.1 Å². The van der Waals surface area contributed by atoms with Gasteiger partial charge in [0, 0.05) is 27.2 Å². The van der Waals surface area contributed by atoms with Crippen molar-refractivity contribution in [3.63, 3.8) is 0 Å². The highest BCUT2D eigenvalue weighted by Gasteiger charge is 2.17. The van der Waals surface area contributed by atoms with Crippen molar-refractivity contribution in [2.75, 3.05) is 38.3 Å². The Morgan fingerprint density at radius 3 is 2.37 bits per heavy atom. The molecule has 1 aromatic carbocycles. The third kappa shape index (κ3) is 3.34. The first kappa shape index (κ1) is 14.7. The summed E-state index contributed by atoms with van der Waals surface area (Å²) in [6.07, 6.45) is 0. The summed E-state index contributed by atoms with van der Waals surface area (Å²) in [6.45, 7) is 0.0169. The molecular weight excluding hydrogens is 253 g/mol. The lowest BCUT2D eigenvalue weighted by molar-refractivity contribution is -0.127. The highest BCUT2D eigenvalue weighted by atomic mass is 19.1. The van der Waals surface area contributed by atoms with Crippen LogP contribution in [0.5, 0.6) is 0 Å². The number of hydrogen-bond acceptors (Lipinski definition) is 4. The molecule has 0 aromatic heterocycles. The second-order valence-corrected chi connectivity index (χ2v) is 4.34. The van der Waals surface area contributed by atoms with Gasteiger partial charge in [-0.1, -0.05) is 0 Å². The summed E-state index contributed by atoms with van der Waals surface area (Å²) >= 11 is 0. The van der Waals surface area contributed by atoms with Gasteiger partial charge in [-0.2, -0.15) is 0 Å². The van der Waals surface area contributed by atoms with E-state index in [2.05, 4.69) is 0 Å². The molecule has 0 unspecified atom stereocenters. The number of carboxylic acids is 1. The average Bonchev–Trinajstić information content (AvgIpc) is 2.30. The van der Waals surface area contributed by atoms with E-state index in [1.807, 2.05) is 0 Å². The normalized spacial score (nSPS) is 10.1. The first-order valence-corrected chi connectivity index (χ1v) is 5.47. The molecule has 1 aromatic rings. The number of carbonyl (C=O) groups is 2. The summed E-state index contributed by atoms with van der Waals surface area (Å²) in [5, 5.41) is 8.77. The van der Waals surface area contributed by atoms with E-state index in [0.717, 1.165) is 12.1 Å². The lowest BCUT2D eigenvalue weighted by atomic mass is 10.1. The van der Waals surface area contributed by atoms with Crippen LogP contribution in [0, 0.1) is 5.82 Å². The van der Waals surface area contributed by atoms with Crippen LogP contribution in [-0.4, -0.2) is 49.6 Å². The highest BCUT2D eigenvalue weighted by Crippen LogP contribution is 2.26. The number of anilines is 2. The Bertz CT molecular complexity index is 517. The Balaban J connectivity index is 3.05. The molecule has 0 spiro atoms. The number of aromatic carboxylic acids is 1. The molecule has 0 fully saturated rings. The van der Waals surface area contributed by atoms with Crippen LogP contribution in [-0.2, 0) is 4.79 Å². The lowest BCUT2D eigenvalue weighted by Crippen LogP contribution is -2.34. The van der Waals surface area contributed by atoms with Gasteiger partial charge in [0.25, 0.3) is 0 Å². The Hall–Kier alpha value is -2.31. The summed E-state index contributed by atoms with van der Waals surface area (Å²) in [4.78, 5) is 25.2. The number of nitrogens with two attached hydrogens (primary N) is 1. The second kappa shape index (κ2) is 5.55. The number of likely N-dealkylation sites (N-methyl/N-ethyl adjacent to an activating group) is 2. The monoisotopic (exact) mass is 269 g/mol. The molecule has 0 aliphatic carbocycles. The maximum atomic E-state index is 13.6. The molecule has 0 saturated carbocycles. The predicted molar refractivity (Wildman–Crippen MR) is 69.7 cm³/mol. The minimum Gasteiger partial charge on any atom is -0.478 e. The smallest absolute Gasteiger partial charge is 0.338 e. The second-order valence-electron chi connectivity index (χ2n) is 4.34. The molecule has 0 radical (unpaired) electrons. The fourth-order valence-electron chi connectivity index (χ4n) is 1.50. The van der Waals surface area contributed by atoms with Gasteiger partial charge < -0.3 is 20.6 Å². The first-order valence-electron chi connectivity index (χ1n) is 5.47. The topological polar surface area (TPSA) is 86.9 Å². The van der Waals surface area contributed by atoms with Crippen molar-refractivity contribution in [2.24, 2.45) is 0 Å². The summed E-state index contributed by atoms with van der Waals surface area (Å²) in [5.41, 5.74) is 5.57. The number of carbonyl (C=O) groups excluding carboxylic acids is 1. The summed E-state index contributed by atoms with van der Waals surface area (Å²) in [6, 6.07) is 2.06. The molecule has 19 heavy (non-hydrogen) atoms. The highest BCUT2D eigenvalue weighted by molar-refractivity contribution is 5.91. The van der Waals surface area contributed by atoms with E-state index >= 15 is 0 Å². The minimum absolute atomic E-state index is 0.0169. The molecule has 0 bridgehead atoms. The predicted octanol–water partition coefficient (Wildman–Crippen LogP) is 0.630. The standard InChI is InChI=1S/C12H16FN3O3/c1-15(2)11(17)6-16(3)10-5-8(13)7(12(18)19)4-9(10)14/h4-5H,6,14H2,1-3H3,(H,18,19). The SMILES string of the molecule is CN(C)C(=O)CN(C)c1cc(F)c(C(=O)O)cc1N. The van der Waals surface area contributed by atoms with E-state index in [1.54, 1.807) is 21.1 Å². The third-order valence-electron chi connectivity index (χ3n) is 2.63. The molecule has 7 heteroatoms. The zero-order valence-corrected chi connectivity index (χ0v) is 11.0. The molecule has 0 heterocycles. The molecule has 1 amide bonds. The van der Waals surface area contributed by atoms with Crippen molar-refractivity contribution in [1.29, 1.82) is 0 Å². The Morgan fingerprint density at radius 2 is 1.89 bits per heavy atom. The first-order chi connectivity index (χ1) is 8.73. The van der Waals surface area contributed by atoms with Gasteiger partial charge in [0.1, 0.15) is 5.82 Å². The van der Waals surface area contributed by atoms with Gasteiger partial charge >= 0.3 is 5.97 Å². The number of amides is 1.